The number of allylic oxidation sites excluding steroid dienone is 2. The molecule has 0 fully saturated rings. The largest absolute Gasteiger partial charge is 1.00 e. The zero-order valence-corrected chi connectivity index (χ0v) is 25.7. The van der Waals surface area contributed by atoms with Crippen molar-refractivity contribution in [1.82, 2.24) is 0 Å². The Morgan fingerprint density at radius 3 is 1.48 bits per heavy atom. The van der Waals surface area contributed by atoms with Gasteiger partial charge in [0.15, 0.2) is 12.4 Å². The van der Waals surface area contributed by atoms with E-state index in [0.717, 1.165) is 16.3 Å². The molecule has 4 nitrogen and oxygen atoms in total. The number of halogens is 1. The maximum Gasteiger partial charge on any atom is 0.249 e. The lowest BCUT2D eigenvalue weighted by Gasteiger charge is -2.29. The van der Waals surface area contributed by atoms with Crippen LogP contribution in [0.1, 0.15) is 122 Å². The van der Waals surface area contributed by atoms with Crippen LogP contribution in [0.4, 0.5) is 11.4 Å². The molecule has 0 aromatic heterocycles. The van der Waals surface area contributed by atoms with E-state index in [-0.39, 0.29) is 47.6 Å². The second kappa shape index (κ2) is 11.3. The molecule has 1 unspecified atom stereocenters. The number of carbonyl (C=O) groups is 2. The van der Waals surface area contributed by atoms with Crippen molar-refractivity contribution in [2.75, 3.05) is 11.6 Å². The minimum absolute atomic E-state index is 0. The number of Topliss-reactive ketones (excluding diaryl/α,β-unsaturated/α-hetero) is 2. The summed E-state index contributed by atoms with van der Waals surface area (Å²) in [6.07, 6.45) is 0. The molecule has 3 aromatic rings. The Morgan fingerprint density at radius 2 is 1.02 bits per heavy atom. The van der Waals surface area contributed by atoms with Crippen molar-refractivity contribution < 1.29 is 26.9 Å². The number of carbonyl (C=O) groups excluding carboxylic acids is 2. The molecule has 210 valence electrons. The maximum atomic E-state index is 14.3. The van der Waals surface area contributed by atoms with Gasteiger partial charge in [0.05, 0.1) is 5.69 Å². The lowest BCUT2D eigenvalue weighted by molar-refractivity contribution is -0.778. The first kappa shape index (κ1) is 29.8. The fourth-order valence-electron chi connectivity index (χ4n) is 6.33. The van der Waals surface area contributed by atoms with E-state index < -0.39 is 0 Å². The van der Waals surface area contributed by atoms with Crippen molar-refractivity contribution in [2.45, 2.75) is 79.1 Å². The Bertz CT molecular complexity index is 1340. The van der Waals surface area contributed by atoms with E-state index in [1.807, 2.05) is 12.1 Å². The molecule has 0 spiro atoms. The minimum Gasteiger partial charge on any atom is -1.00 e. The Labute approximate surface area is 245 Å². The van der Waals surface area contributed by atoms with Gasteiger partial charge in [-0.2, -0.15) is 0 Å². The van der Waals surface area contributed by atoms with Crippen LogP contribution in [0.3, 0.4) is 0 Å². The standard InChI is InChI=1S/C35H40N2O2.ClH/c1-20(2)24-15-11-16-25(21(3)4)30(24)36-19-37(31-26(22(5)6)17-12-18-27(31)23(7)8)33-32(36)34(38)28-13-9-10-14-29(28)35(33)39;/h9-18,20-23H,19H2,1-8H3;1H. The third kappa shape index (κ3) is 4.71. The number of ketones is 2. The van der Waals surface area contributed by atoms with Crippen LogP contribution in [0.15, 0.2) is 72.1 Å². The van der Waals surface area contributed by atoms with E-state index in [2.05, 4.69) is 96.7 Å². The van der Waals surface area contributed by atoms with Crippen molar-refractivity contribution in [2.24, 2.45) is 0 Å². The predicted molar refractivity (Wildman–Crippen MR) is 159 cm³/mol. The molecule has 40 heavy (non-hydrogen) atoms. The molecule has 3 aromatic carbocycles. The second-order valence-corrected chi connectivity index (χ2v) is 12.2. The SMILES string of the molecule is CC(C)c1cccc(C(C)C)c1N1C[NH+](c2c(C(C)C)cccc2C(C)C)C2=C1C(=O)c1ccccc1C2=O.[Cl-]. The Morgan fingerprint density at radius 1 is 0.600 bits per heavy atom. The first-order valence-electron chi connectivity index (χ1n) is 14.4. The summed E-state index contributed by atoms with van der Waals surface area (Å²) in [5.41, 5.74) is 9.22. The first-order chi connectivity index (χ1) is 18.5. The average Bonchev–Trinajstić information content (AvgIpc) is 3.31. The highest BCUT2D eigenvalue weighted by molar-refractivity contribution is 6.27. The maximum absolute atomic E-state index is 14.3. The number of para-hydroxylation sites is 2. The molecule has 1 N–H and O–H groups in total. The highest BCUT2D eigenvalue weighted by Crippen LogP contribution is 2.41. The van der Waals surface area contributed by atoms with Gasteiger partial charge in [-0.05, 0) is 34.8 Å². The summed E-state index contributed by atoms with van der Waals surface area (Å²) in [6, 6.07) is 20.3. The predicted octanol–water partition coefficient (Wildman–Crippen LogP) is 4.47. The van der Waals surface area contributed by atoms with Gasteiger partial charge < -0.3 is 12.4 Å². The number of benzene rings is 3. The molecule has 5 rings (SSSR count). The fourth-order valence-corrected chi connectivity index (χ4v) is 6.33. The van der Waals surface area contributed by atoms with Crippen molar-refractivity contribution in [1.29, 1.82) is 0 Å². The average molecular weight is 557 g/mol. The van der Waals surface area contributed by atoms with Crippen LogP contribution in [0.25, 0.3) is 0 Å². The molecule has 5 heteroatoms. The van der Waals surface area contributed by atoms with Crippen LogP contribution in [0.2, 0.25) is 0 Å². The van der Waals surface area contributed by atoms with E-state index in [1.165, 1.54) is 22.3 Å². The van der Waals surface area contributed by atoms with E-state index in [4.69, 9.17) is 0 Å². The Hall–Kier alpha value is -3.21. The van der Waals surface area contributed by atoms with Crippen LogP contribution in [0.5, 0.6) is 0 Å². The monoisotopic (exact) mass is 556 g/mol. The molecule has 0 bridgehead atoms. The van der Waals surface area contributed by atoms with Crippen LogP contribution in [-0.2, 0) is 0 Å². The summed E-state index contributed by atoms with van der Waals surface area (Å²) in [6.45, 7) is 18.1. The normalized spacial score (nSPS) is 16.8. The van der Waals surface area contributed by atoms with Crippen LogP contribution in [-0.4, -0.2) is 18.2 Å². The minimum atomic E-state index is -0.0587. The van der Waals surface area contributed by atoms with Crippen molar-refractivity contribution in [3.8, 4) is 0 Å². The molecule has 1 heterocycles. The highest BCUT2D eigenvalue weighted by Gasteiger charge is 2.50. The van der Waals surface area contributed by atoms with E-state index in [1.54, 1.807) is 12.1 Å². The van der Waals surface area contributed by atoms with Gasteiger partial charge in [-0.3, -0.25) is 14.5 Å². The molecule has 0 saturated carbocycles. The van der Waals surface area contributed by atoms with Crippen LogP contribution >= 0.6 is 0 Å². The van der Waals surface area contributed by atoms with Crippen LogP contribution in [0, 0.1) is 0 Å². The number of anilines is 1. The van der Waals surface area contributed by atoms with E-state index in [0.29, 0.717) is 29.2 Å². The van der Waals surface area contributed by atoms with Gasteiger partial charge in [-0.15, -0.1) is 0 Å². The van der Waals surface area contributed by atoms with Crippen LogP contribution < -0.4 is 22.2 Å². The van der Waals surface area contributed by atoms with Gasteiger partial charge in [0.25, 0.3) is 0 Å². The Balaban J connectivity index is 0.00000370. The number of hydrogen-bond acceptors (Lipinski definition) is 3. The highest BCUT2D eigenvalue weighted by atomic mass is 35.5. The smallest absolute Gasteiger partial charge is 0.249 e. The molecule has 0 radical (unpaired) electrons. The second-order valence-electron chi connectivity index (χ2n) is 12.2. The summed E-state index contributed by atoms with van der Waals surface area (Å²) in [5, 5.41) is 0. The Kier molecular flexibility index (Phi) is 8.44. The van der Waals surface area contributed by atoms with Crippen molar-refractivity contribution in [3.63, 3.8) is 0 Å². The van der Waals surface area contributed by atoms with Crippen molar-refractivity contribution in [3.05, 3.63) is 105 Å². The molecule has 0 saturated heterocycles. The van der Waals surface area contributed by atoms with Gasteiger partial charge in [-0.25, -0.2) is 4.90 Å². The molecule has 2 aliphatic rings. The number of nitrogens with zero attached hydrogens (tertiary/aromatic N) is 1. The number of hydrogen-bond donors (Lipinski definition) is 1. The fraction of sp³-hybridized carbons (Fsp3) is 0.371. The summed E-state index contributed by atoms with van der Waals surface area (Å²) in [7, 11) is 0. The summed E-state index contributed by atoms with van der Waals surface area (Å²) in [5.74, 6) is 0.987. The van der Waals surface area contributed by atoms with Gasteiger partial charge in [-0.1, -0.05) is 116 Å². The third-order valence-electron chi connectivity index (χ3n) is 8.27. The first-order valence-corrected chi connectivity index (χ1v) is 14.4. The zero-order valence-electron chi connectivity index (χ0n) is 24.9. The quantitative estimate of drug-likeness (QED) is 0.487. The molecular weight excluding hydrogens is 516 g/mol. The molecule has 1 aliphatic carbocycles. The van der Waals surface area contributed by atoms with Gasteiger partial charge >= 0.3 is 0 Å². The molecule has 1 atom stereocenters. The van der Waals surface area contributed by atoms with E-state index in [9.17, 15) is 9.59 Å². The molecule has 1 aliphatic heterocycles. The van der Waals surface area contributed by atoms with Gasteiger partial charge in [0.2, 0.25) is 17.3 Å². The van der Waals surface area contributed by atoms with Gasteiger partial charge in [0, 0.05) is 22.3 Å². The summed E-state index contributed by atoms with van der Waals surface area (Å²) in [4.78, 5) is 31.9. The van der Waals surface area contributed by atoms with Gasteiger partial charge in [0.1, 0.15) is 5.69 Å². The van der Waals surface area contributed by atoms with Crippen molar-refractivity contribution >= 4 is 22.9 Å². The number of nitrogens with one attached hydrogen (secondary N) is 1. The lowest BCUT2D eigenvalue weighted by atomic mass is 9.87. The molecule has 0 amide bonds. The molecular formula is C35H41ClN2O2. The zero-order chi connectivity index (χ0) is 28.2. The van der Waals surface area contributed by atoms with E-state index >= 15 is 0 Å². The topological polar surface area (TPSA) is 41.8 Å². The summed E-state index contributed by atoms with van der Waals surface area (Å²) < 4.78 is 0. The third-order valence-corrected chi connectivity index (χ3v) is 8.27. The number of rotatable bonds is 6. The number of quaternary nitrogens is 1. The number of fused-ring (bicyclic) bond motifs is 1. The summed E-state index contributed by atoms with van der Waals surface area (Å²) >= 11 is 0. The lowest BCUT2D eigenvalue weighted by Crippen LogP contribution is -3.06.